The van der Waals surface area contributed by atoms with Gasteiger partial charge in [0.25, 0.3) is 0 Å². The Bertz CT molecular complexity index is 815. The number of rotatable bonds is 4. The summed E-state index contributed by atoms with van der Waals surface area (Å²) in [5.74, 6) is 0.243. The minimum absolute atomic E-state index is 0.0324. The third-order valence-electron chi connectivity index (χ3n) is 5.06. The summed E-state index contributed by atoms with van der Waals surface area (Å²) in [6, 6.07) is 15.1. The highest BCUT2D eigenvalue weighted by atomic mass is 19.1. The molecular weight excluding hydrogens is 346 g/mol. The summed E-state index contributed by atoms with van der Waals surface area (Å²) < 4.78 is 26.8. The number of anilines is 1. The molecule has 4 rings (SSSR count). The van der Waals surface area contributed by atoms with Gasteiger partial charge in [0.1, 0.15) is 17.7 Å². The monoisotopic (exact) mass is 367 g/mol. The summed E-state index contributed by atoms with van der Waals surface area (Å²) in [6.45, 7) is 3.44. The number of piperazine rings is 1. The molecule has 0 amide bonds. The van der Waals surface area contributed by atoms with E-state index in [1.165, 1.54) is 29.2 Å². The predicted molar refractivity (Wildman–Crippen MR) is 99.6 cm³/mol. The van der Waals surface area contributed by atoms with E-state index in [1.807, 2.05) is 30.3 Å². The Kier molecular flexibility index (Phi) is 5.07. The van der Waals surface area contributed by atoms with Crippen LogP contribution in [0.1, 0.15) is 17.2 Å². The molecule has 0 bridgehead atoms. The van der Waals surface area contributed by atoms with Crippen LogP contribution in [0, 0.1) is 11.6 Å². The number of aromatic nitrogens is 2. The molecule has 1 aromatic heterocycles. The fourth-order valence-corrected chi connectivity index (χ4v) is 3.71. The number of benzene rings is 2. The predicted octanol–water partition coefficient (Wildman–Crippen LogP) is 2.25. The molecule has 2 aromatic carbocycles. The van der Waals surface area contributed by atoms with Crippen LogP contribution < -0.4 is 9.80 Å². The summed E-state index contributed by atoms with van der Waals surface area (Å²) in [4.78, 5) is 12.2. The van der Waals surface area contributed by atoms with E-state index in [1.54, 1.807) is 12.4 Å². The Balaban J connectivity index is 1.58. The largest absolute Gasteiger partial charge is 0.330 e. The van der Waals surface area contributed by atoms with Crippen molar-refractivity contribution < 1.29 is 13.7 Å². The maximum absolute atomic E-state index is 13.4. The molecule has 1 fully saturated rings. The molecule has 1 N–H and O–H groups in total. The van der Waals surface area contributed by atoms with Gasteiger partial charge in [0.2, 0.25) is 5.95 Å². The van der Waals surface area contributed by atoms with E-state index >= 15 is 0 Å². The quantitative estimate of drug-likeness (QED) is 0.768. The van der Waals surface area contributed by atoms with E-state index in [4.69, 9.17) is 0 Å². The first-order valence-corrected chi connectivity index (χ1v) is 9.08. The molecule has 0 spiro atoms. The molecule has 1 saturated heterocycles. The van der Waals surface area contributed by atoms with Gasteiger partial charge in [-0.15, -0.1) is 0 Å². The average molecular weight is 367 g/mol. The zero-order valence-electron chi connectivity index (χ0n) is 14.9. The second-order valence-corrected chi connectivity index (χ2v) is 6.73. The lowest BCUT2D eigenvalue weighted by atomic mass is 9.96. The molecular formula is C21H21F2N4+. The topological polar surface area (TPSA) is 33.5 Å². The van der Waals surface area contributed by atoms with E-state index in [-0.39, 0.29) is 17.7 Å². The molecule has 2 heterocycles. The second-order valence-electron chi connectivity index (χ2n) is 6.73. The standard InChI is InChI=1S/C21H20F2N4/c22-18-6-2-16(3-7-18)20(17-4-8-19(23)9-5-17)26-12-14-27(15-13-26)21-24-10-1-11-25-21/h1-11,20H,12-15H2/p+1. The number of quaternary nitrogens is 1. The molecule has 0 saturated carbocycles. The third-order valence-corrected chi connectivity index (χ3v) is 5.06. The van der Waals surface area contributed by atoms with Crippen molar-refractivity contribution in [1.82, 2.24) is 9.97 Å². The number of nitrogens with zero attached hydrogens (tertiary/aromatic N) is 3. The third kappa shape index (κ3) is 3.95. The lowest BCUT2D eigenvalue weighted by molar-refractivity contribution is -0.926. The molecule has 27 heavy (non-hydrogen) atoms. The van der Waals surface area contributed by atoms with Gasteiger partial charge in [-0.05, 0) is 54.6 Å². The molecule has 4 nitrogen and oxygen atoms in total. The summed E-state index contributed by atoms with van der Waals surface area (Å²) >= 11 is 0. The smallest absolute Gasteiger partial charge is 0.225 e. The van der Waals surface area contributed by atoms with Crippen LogP contribution >= 0.6 is 0 Å². The summed E-state index contributed by atoms with van der Waals surface area (Å²) in [5, 5.41) is 0. The Hall–Kier alpha value is -2.86. The van der Waals surface area contributed by atoms with Crippen molar-refractivity contribution in [1.29, 1.82) is 0 Å². The zero-order chi connectivity index (χ0) is 18.6. The van der Waals surface area contributed by atoms with Gasteiger partial charge in [0.15, 0.2) is 0 Å². The normalized spacial score (nSPS) is 15.3. The van der Waals surface area contributed by atoms with Crippen LogP contribution in [-0.4, -0.2) is 36.1 Å². The Morgan fingerprint density at radius 1 is 0.778 bits per heavy atom. The van der Waals surface area contributed by atoms with Crippen LogP contribution in [0.4, 0.5) is 14.7 Å². The number of hydrogen-bond donors (Lipinski definition) is 1. The van der Waals surface area contributed by atoms with Crippen molar-refractivity contribution in [3.63, 3.8) is 0 Å². The van der Waals surface area contributed by atoms with Gasteiger partial charge in [-0.3, -0.25) is 0 Å². The molecule has 3 aromatic rings. The first-order valence-electron chi connectivity index (χ1n) is 9.08. The van der Waals surface area contributed by atoms with E-state index in [9.17, 15) is 8.78 Å². The summed E-state index contributed by atoms with van der Waals surface area (Å²) in [6.07, 6.45) is 3.50. The summed E-state index contributed by atoms with van der Waals surface area (Å²) in [7, 11) is 0. The Morgan fingerprint density at radius 2 is 1.26 bits per heavy atom. The highest BCUT2D eigenvalue weighted by molar-refractivity contribution is 5.31. The first kappa shape index (κ1) is 17.5. The zero-order valence-corrected chi connectivity index (χ0v) is 14.9. The molecule has 0 radical (unpaired) electrons. The van der Waals surface area contributed by atoms with Crippen LogP contribution in [0.3, 0.4) is 0 Å². The van der Waals surface area contributed by atoms with E-state index in [0.717, 1.165) is 43.3 Å². The van der Waals surface area contributed by atoms with Crippen molar-refractivity contribution in [2.24, 2.45) is 0 Å². The SMILES string of the molecule is Fc1ccc(C(c2ccc(F)cc2)[NH+]2CCN(c3ncccn3)CC2)cc1. The van der Waals surface area contributed by atoms with Gasteiger partial charge >= 0.3 is 0 Å². The Morgan fingerprint density at radius 3 is 1.74 bits per heavy atom. The van der Waals surface area contributed by atoms with Crippen LogP contribution in [0.25, 0.3) is 0 Å². The maximum atomic E-state index is 13.4. The number of hydrogen-bond acceptors (Lipinski definition) is 3. The molecule has 1 aliphatic heterocycles. The van der Waals surface area contributed by atoms with Gasteiger partial charge in [-0.2, -0.15) is 0 Å². The van der Waals surface area contributed by atoms with Gasteiger partial charge in [-0.1, -0.05) is 0 Å². The summed E-state index contributed by atoms with van der Waals surface area (Å²) in [5.41, 5.74) is 2.06. The molecule has 0 aliphatic carbocycles. The van der Waals surface area contributed by atoms with Crippen molar-refractivity contribution in [3.05, 3.63) is 89.8 Å². The van der Waals surface area contributed by atoms with Crippen LogP contribution in [0.5, 0.6) is 0 Å². The maximum Gasteiger partial charge on any atom is 0.225 e. The average Bonchev–Trinajstić information content (AvgIpc) is 2.72. The number of nitrogens with one attached hydrogen (secondary N) is 1. The highest BCUT2D eigenvalue weighted by Crippen LogP contribution is 2.21. The van der Waals surface area contributed by atoms with Crippen LogP contribution in [-0.2, 0) is 0 Å². The lowest BCUT2D eigenvalue weighted by Gasteiger charge is -2.37. The van der Waals surface area contributed by atoms with Crippen LogP contribution in [0.2, 0.25) is 0 Å². The second kappa shape index (κ2) is 7.80. The van der Waals surface area contributed by atoms with Crippen molar-refractivity contribution in [2.75, 3.05) is 31.1 Å². The van der Waals surface area contributed by atoms with E-state index in [2.05, 4.69) is 14.9 Å². The highest BCUT2D eigenvalue weighted by Gasteiger charge is 2.30. The molecule has 6 heteroatoms. The Labute approximate surface area is 157 Å². The number of halogens is 2. The van der Waals surface area contributed by atoms with Crippen molar-refractivity contribution in [3.8, 4) is 0 Å². The van der Waals surface area contributed by atoms with E-state index in [0.29, 0.717) is 0 Å². The molecule has 1 aliphatic rings. The fraction of sp³-hybridized carbons (Fsp3) is 0.238. The van der Waals surface area contributed by atoms with Gasteiger partial charge in [0, 0.05) is 23.5 Å². The lowest BCUT2D eigenvalue weighted by Crippen LogP contribution is -3.15. The van der Waals surface area contributed by atoms with E-state index < -0.39 is 0 Å². The van der Waals surface area contributed by atoms with Gasteiger partial charge in [-0.25, -0.2) is 18.7 Å². The molecule has 0 atom stereocenters. The molecule has 0 unspecified atom stereocenters. The van der Waals surface area contributed by atoms with Gasteiger partial charge in [0.05, 0.1) is 26.2 Å². The first-order chi connectivity index (χ1) is 13.2. The minimum Gasteiger partial charge on any atom is -0.330 e. The molecule has 138 valence electrons. The van der Waals surface area contributed by atoms with Crippen molar-refractivity contribution in [2.45, 2.75) is 6.04 Å². The van der Waals surface area contributed by atoms with Crippen molar-refractivity contribution >= 4 is 5.95 Å². The fourth-order valence-electron chi connectivity index (χ4n) is 3.71. The minimum atomic E-state index is -0.252. The van der Waals surface area contributed by atoms with Gasteiger partial charge < -0.3 is 9.80 Å². The van der Waals surface area contributed by atoms with Crippen LogP contribution in [0.15, 0.2) is 67.0 Å².